The second kappa shape index (κ2) is 6.51. The number of hydrogen-bond donors (Lipinski definition) is 3. The predicted molar refractivity (Wildman–Crippen MR) is 64.9 cm³/mol. The van der Waals surface area contributed by atoms with Gasteiger partial charge in [-0.2, -0.15) is 0 Å². The molecule has 5 N–H and O–H groups in total. The summed E-state index contributed by atoms with van der Waals surface area (Å²) in [5, 5.41) is 12.7. The number of aromatic nitrogens is 4. The molecule has 1 aromatic rings. The number of allylic oxidation sites excluding steroid dienone is 1. The molecule has 0 aromatic carbocycles. The first kappa shape index (κ1) is 13.9. The zero-order valence-corrected chi connectivity index (χ0v) is 10.0. The Morgan fingerprint density at radius 3 is 2.83 bits per heavy atom. The molecular formula is C8H11N7O2S. The van der Waals surface area contributed by atoms with Gasteiger partial charge < -0.3 is 16.8 Å². The average molecular weight is 269 g/mol. The van der Waals surface area contributed by atoms with Crippen molar-refractivity contribution in [3.63, 3.8) is 0 Å². The number of nitrogens with one attached hydrogen (secondary N) is 1. The van der Waals surface area contributed by atoms with Gasteiger partial charge in [-0.1, -0.05) is 18.3 Å². The van der Waals surface area contributed by atoms with Crippen molar-refractivity contribution in [1.29, 1.82) is 0 Å². The molecule has 1 atom stereocenters. The minimum absolute atomic E-state index is 0.125. The highest BCUT2D eigenvalue weighted by Gasteiger charge is 2.16. The number of amides is 2. The summed E-state index contributed by atoms with van der Waals surface area (Å²) in [7, 11) is 0. The number of nitrogens with two attached hydrogens (primary N) is 2. The number of thiocarbonyl (C=S) groups is 1. The van der Waals surface area contributed by atoms with Crippen molar-refractivity contribution in [2.24, 2.45) is 11.5 Å². The fourth-order valence-corrected chi connectivity index (χ4v) is 1.12. The molecule has 0 aliphatic heterocycles. The van der Waals surface area contributed by atoms with Crippen molar-refractivity contribution in [3.05, 3.63) is 18.5 Å². The Balaban J connectivity index is 2.39. The fraction of sp³-hybridized carbons (Fsp3) is 0.250. The van der Waals surface area contributed by atoms with Crippen molar-refractivity contribution in [2.75, 3.05) is 0 Å². The van der Waals surface area contributed by atoms with E-state index in [9.17, 15) is 9.59 Å². The van der Waals surface area contributed by atoms with Gasteiger partial charge in [-0.3, -0.25) is 9.59 Å². The van der Waals surface area contributed by atoms with Gasteiger partial charge in [-0.15, -0.1) is 5.10 Å². The van der Waals surface area contributed by atoms with E-state index >= 15 is 0 Å². The van der Waals surface area contributed by atoms with E-state index in [0.29, 0.717) is 6.54 Å². The minimum atomic E-state index is -1.18. The summed E-state index contributed by atoms with van der Waals surface area (Å²) in [5.41, 5.74) is 10.3. The Kier molecular flexibility index (Phi) is 5.02. The normalized spacial score (nSPS) is 12.3. The van der Waals surface area contributed by atoms with Gasteiger partial charge in [0.1, 0.15) is 17.4 Å². The Labute approximate surface area is 107 Å². The maximum Gasteiger partial charge on any atom is 0.248 e. The van der Waals surface area contributed by atoms with E-state index < -0.39 is 17.9 Å². The van der Waals surface area contributed by atoms with Gasteiger partial charge >= 0.3 is 0 Å². The van der Waals surface area contributed by atoms with Crippen LogP contribution in [0, 0.1) is 0 Å². The summed E-state index contributed by atoms with van der Waals surface area (Å²) in [6.07, 6.45) is 4.14. The molecule has 0 spiro atoms. The smallest absolute Gasteiger partial charge is 0.248 e. The van der Waals surface area contributed by atoms with Crippen LogP contribution in [0.4, 0.5) is 0 Å². The second-order valence-electron chi connectivity index (χ2n) is 3.17. The third kappa shape index (κ3) is 4.35. The Hall–Kier alpha value is -2.20. The Morgan fingerprint density at radius 2 is 2.28 bits per heavy atom. The van der Waals surface area contributed by atoms with E-state index in [0.717, 1.165) is 0 Å². The van der Waals surface area contributed by atoms with E-state index in [2.05, 4.69) is 20.8 Å². The number of rotatable bonds is 5. The molecule has 1 heterocycles. The van der Waals surface area contributed by atoms with Crippen LogP contribution in [-0.2, 0) is 16.1 Å². The number of carbonyl (C=O) groups excluding carboxylic acids is 2. The van der Waals surface area contributed by atoms with E-state index in [1.807, 2.05) is 0 Å². The molecule has 1 unspecified atom stereocenters. The van der Waals surface area contributed by atoms with Crippen LogP contribution in [0.15, 0.2) is 18.5 Å². The molecule has 18 heavy (non-hydrogen) atoms. The third-order valence-corrected chi connectivity index (χ3v) is 2.14. The van der Waals surface area contributed by atoms with Crippen LogP contribution >= 0.6 is 12.2 Å². The first-order chi connectivity index (χ1) is 8.50. The van der Waals surface area contributed by atoms with Crippen molar-refractivity contribution in [3.8, 4) is 0 Å². The number of carbonyl (C=O) groups is 2. The molecule has 1 aromatic heterocycles. The van der Waals surface area contributed by atoms with Crippen molar-refractivity contribution in [1.82, 2.24) is 25.5 Å². The summed E-state index contributed by atoms with van der Waals surface area (Å²) in [4.78, 5) is 21.9. The monoisotopic (exact) mass is 269 g/mol. The van der Waals surface area contributed by atoms with Crippen molar-refractivity contribution < 1.29 is 9.59 Å². The molecular weight excluding hydrogens is 258 g/mol. The summed E-state index contributed by atoms with van der Waals surface area (Å²) < 4.78 is 1.41. The molecule has 0 aliphatic rings. The highest BCUT2D eigenvalue weighted by atomic mass is 32.1. The van der Waals surface area contributed by atoms with Gasteiger partial charge in [0.15, 0.2) is 0 Å². The molecule has 0 bridgehead atoms. The maximum atomic E-state index is 11.4. The molecule has 0 radical (unpaired) electrons. The van der Waals surface area contributed by atoms with Crippen LogP contribution in [0.5, 0.6) is 0 Å². The van der Waals surface area contributed by atoms with Crippen molar-refractivity contribution in [2.45, 2.75) is 12.6 Å². The zero-order valence-electron chi connectivity index (χ0n) is 9.18. The van der Waals surface area contributed by atoms with Gasteiger partial charge in [0.25, 0.3) is 0 Å². The lowest BCUT2D eigenvalue weighted by atomic mass is 10.3. The van der Waals surface area contributed by atoms with E-state index in [-0.39, 0.29) is 4.99 Å². The molecule has 0 saturated carbocycles. The lowest BCUT2D eigenvalue weighted by molar-refractivity contribution is -0.117. The number of tetrazole rings is 1. The molecule has 10 heteroatoms. The largest absolute Gasteiger partial charge is 0.368 e. The van der Waals surface area contributed by atoms with Crippen LogP contribution in [0.25, 0.3) is 0 Å². The van der Waals surface area contributed by atoms with Crippen LogP contribution in [-0.4, -0.2) is 43.1 Å². The van der Waals surface area contributed by atoms with Gasteiger partial charge in [-0.05, 0) is 10.4 Å². The number of nitrogens with zero attached hydrogens (tertiary/aromatic N) is 4. The molecule has 0 saturated heterocycles. The summed E-state index contributed by atoms with van der Waals surface area (Å²) in [6.45, 7) is 0.328. The van der Waals surface area contributed by atoms with E-state index in [1.54, 1.807) is 0 Å². The standard InChI is InChI=1S/C8H11N7O2S/c9-6(7(10)17)8(18)12-5(16)2-1-3-15-4-11-13-14-15/h1-2,4,6H,3,9H2,(H2,10,17)(H,12,16,18)/b2-1+. The Bertz CT molecular complexity index is 470. The van der Waals surface area contributed by atoms with Crippen LogP contribution in [0.2, 0.25) is 0 Å². The van der Waals surface area contributed by atoms with Gasteiger partial charge in [0.2, 0.25) is 11.8 Å². The fourth-order valence-electron chi connectivity index (χ4n) is 0.902. The average Bonchev–Trinajstić information content (AvgIpc) is 2.80. The maximum absolute atomic E-state index is 11.4. The second-order valence-corrected chi connectivity index (χ2v) is 3.61. The highest BCUT2D eigenvalue weighted by molar-refractivity contribution is 7.80. The summed E-state index contributed by atoms with van der Waals surface area (Å²) >= 11 is 4.73. The minimum Gasteiger partial charge on any atom is -0.368 e. The first-order valence-corrected chi connectivity index (χ1v) is 5.18. The molecule has 0 aliphatic carbocycles. The van der Waals surface area contributed by atoms with Gasteiger partial charge in [0, 0.05) is 6.08 Å². The topological polar surface area (TPSA) is 142 Å². The van der Waals surface area contributed by atoms with Crippen LogP contribution < -0.4 is 16.8 Å². The van der Waals surface area contributed by atoms with Gasteiger partial charge in [-0.25, -0.2) is 4.68 Å². The third-order valence-electron chi connectivity index (χ3n) is 1.79. The lowest BCUT2D eigenvalue weighted by Crippen LogP contribution is -2.49. The highest BCUT2D eigenvalue weighted by Crippen LogP contribution is 1.85. The number of hydrogen-bond acceptors (Lipinski definition) is 7. The molecule has 1 rings (SSSR count). The Morgan fingerprint density at radius 1 is 1.56 bits per heavy atom. The van der Waals surface area contributed by atoms with E-state index in [4.69, 9.17) is 23.7 Å². The summed E-state index contributed by atoms with van der Waals surface area (Å²) in [5.74, 6) is -1.32. The zero-order chi connectivity index (χ0) is 13.5. The predicted octanol–water partition coefficient (Wildman–Crippen LogP) is -2.51. The lowest BCUT2D eigenvalue weighted by Gasteiger charge is -2.08. The van der Waals surface area contributed by atoms with Gasteiger partial charge in [0.05, 0.1) is 6.54 Å². The molecule has 9 nitrogen and oxygen atoms in total. The molecule has 2 amide bonds. The number of primary amides is 1. The molecule has 96 valence electrons. The van der Waals surface area contributed by atoms with Crippen molar-refractivity contribution >= 4 is 29.0 Å². The van der Waals surface area contributed by atoms with Crippen LogP contribution in [0.1, 0.15) is 0 Å². The SMILES string of the molecule is NC(=O)C(N)C(=S)NC(=O)/C=C/Cn1cnnn1. The first-order valence-electron chi connectivity index (χ1n) is 4.77. The van der Waals surface area contributed by atoms with Crippen LogP contribution in [0.3, 0.4) is 0 Å². The summed E-state index contributed by atoms with van der Waals surface area (Å²) in [6, 6.07) is -1.18. The molecule has 0 fully saturated rings. The quantitative estimate of drug-likeness (QED) is 0.395. The van der Waals surface area contributed by atoms with E-state index in [1.165, 1.54) is 23.2 Å².